The van der Waals surface area contributed by atoms with Gasteiger partial charge in [-0.1, -0.05) is 6.07 Å². The fourth-order valence-electron chi connectivity index (χ4n) is 3.38. The minimum atomic E-state index is -0.917. The smallest absolute Gasteiger partial charge is 0.493 e. The van der Waals surface area contributed by atoms with Gasteiger partial charge >= 0.3 is 6.16 Å². The highest BCUT2D eigenvalue weighted by molar-refractivity contribution is 5.86. The average molecular weight is 349 g/mol. The first kappa shape index (κ1) is 17.4. The molecule has 0 radical (unpaired) electrons. The van der Waals surface area contributed by atoms with Crippen molar-refractivity contribution in [3.05, 3.63) is 23.8 Å². The quantitative estimate of drug-likeness (QED) is 0.822. The maximum atomic E-state index is 12.0. The third-order valence-electron chi connectivity index (χ3n) is 4.72. The highest BCUT2D eigenvalue weighted by atomic mass is 16.7. The van der Waals surface area contributed by atoms with Gasteiger partial charge in [-0.05, 0) is 43.4 Å². The van der Waals surface area contributed by atoms with E-state index in [1.165, 1.54) is 20.0 Å². The first-order valence-corrected chi connectivity index (χ1v) is 8.49. The topological polar surface area (TPSA) is 83.1 Å². The minimum absolute atomic E-state index is 0.189. The highest BCUT2D eigenvalue weighted by Crippen LogP contribution is 2.36. The number of benzene rings is 1. The highest BCUT2D eigenvalue weighted by Gasteiger charge is 2.39. The van der Waals surface area contributed by atoms with Crippen molar-refractivity contribution in [2.24, 2.45) is 0 Å². The summed E-state index contributed by atoms with van der Waals surface area (Å²) in [5, 5.41) is 2.73. The van der Waals surface area contributed by atoms with Gasteiger partial charge in [0.1, 0.15) is 0 Å². The SMILES string of the molecule is COC(=O)OC1C(=O)NCC1c1ccc(OC)c(OC2CCCC2)c1. The Morgan fingerprint density at radius 2 is 1.92 bits per heavy atom. The molecule has 0 bridgehead atoms. The van der Waals surface area contributed by atoms with Crippen LogP contribution in [0, 0.1) is 0 Å². The Labute approximate surface area is 146 Å². The van der Waals surface area contributed by atoms with Crippen molar-refractivity contribution in [3.8, 4) is 11.5 Å². The van der Waals surface area contributed by atoms with E-state index < -0.39 is 12.3 Å². The Morgan fingerprint density at radius 1 is 1.16 bits per heavy atom. The molecule has 2 unspecified atom stereocenters. The molecule has 0 spiro atoms. The number of ether oxygens (including phenoxy) is 4. The zero-order valence-electron chi connectivity index (χ0n) is 14.4. The molecule has 1 aromatic carbocycles. The second-order valence-electron chi connectivity index (χ2n) is 6.28. The monoisotopic (exact) mass is 349 g/mol. The summed E-state index contributed by atoms with van der Waals surface area (Å²) in [6.07, 6.45) is 2.80. The summed E-state index contributed by atoms with van der Waals surface area (Å²) in [7, 11) is 2.81. The van der Waals surface area contributed by atoms with Crippen LogP contribution in [-0.2, 0) is 14.3 Å². The van der Waals surface area contributed by atoms with Gasteiger partial charge in [0.2, 0.25) is 0 Å². The molecule has 0 aromatic heterocycles. The Morgan fingerprint density at radius 3 is 2.60 bits per heavy atom. The van der Waals surface area contributed by atoms with Gasteiger partial charge in [0.25, 0.3) is 5.91 Å². The number of amides is 1. The number of nitrogens with one attached hydrogen (secondary N) is 1. The van der Waals surface area contributed by atoms with Crippen LogP contribution in [0.4, 0.5) is 4.79 Å². The van der Waals surface area contributed by atoms with Crippen LogP contribution in [0.15, 0.2) is 18.2 Å². The van der Waals surface area contributed by atoms with E-state index in [2.05, 4.69) is 10.1 Å². The van der Waals surface area contributed by atoms with Crippen molar-refractivity contribution < 1.29 is 28.5 Å². The van der Waals surface area contributed by atoms with Crippen molar-refractivity contribution >= 4 is 12.1 Å². The Balaban J connectivity index is 1.82. The summed E-state index contributed by atoms with van der Waals surface area (Å²) in [6.45, 7) is 0.385. The van der Waals surface area contributed by atoms with Crippen molar-refractivity contribution in [3.63, 3.8) is 0 Å². The standard InChI is InChI=1S/C18H23NO6/c1-22-14-8-7-11(9-15(14)24-12-5-3-4-6-12)13-10-19-17(20)16(13)25-18(21)23-2/h7-9,12-13,16H,3-6,10H2,1-2H3,(H,19,20). The molecule has 1 aliphatic carbocycles. The van der Waals surface area contributed by atoms with Crippen molar-refractivity contribution in [2.75, 3.05) is 20.8 Å². The van der Waals surface area contributed by atoms with Gasteiger partial charge in [0.15, 0.2) is 17.6 Å². The van der Waals surface area contributed by atoms with Crippen LogP contribution in [0.5, 0.6) is 11.5 Å². The van der Waals surface area contributed by atoms with Gasteiger partial charge in [-0.2, -0.15) is 0 Å². The molecule has 7 nitrogen and oxygen atoms in total. The molecule has 1 heterocycles. The van der Waals surface area contributed by atoms with Gasteiger partial charge in [-0.15, -0.1) is 0 Å². The van der Waals surface area contributed by atoms with Crippen molar-refractivity contribution in [2.45, 2.75) is 43.8 Å². The zero-order chi connectivity index (χ0) is 17.8. The number of carbonyl (C=O) groups is 2. The maximum Gasteiger partial charge on any atom is 0.508 e. The molecule has 1 saturated carbocycles. The van der Waals surface area contributed by atoms with Crippen LogP contribution in [-0.4, -0.2) is 45.0 Å². The number of rotatable bonds is 5. The lowest BCUT2D eigenvalue weighted by Gasteiger charge is -2.20. The second-order valence-corrected chi connectivity index (χ2v) is 6.28. The molecule has 1 aromatic rings. The van der Waals surface area contributed by atoms with E-state index >= 15 is 0 Å². The predicted octanol–water partition coefficient (Wildman–Crippen LogP) is 2.38. The normalized spacial score (nSPS) is 23.2. The molecule has 2 aliphatic rings. The van der Waals surface area contributed by atoms with Gasteiger partial charge in [0.05, 0.1) is 20.3 Å². The summed E-state index contributed by atoms with van der Waals surface area (Å²) in [4.78, 5) is 23.4. The molecule has 2 atom stereocenters. The van der Waals surface area contributed by atoms with E-state index in [0.717, 1.165) is 18.4 Å². The summed E-state index contributed by atoms with van der Waals surface area (Å²) in [6, 6.07) is 5.55. The van der Waals surface area contributed by atoms with E-state index in [-0.39, 0.29) is 17.9 Å². The lowest BCUT2D eigenvalue weighted by Crippen LogP contribution is -2.30. The number of carbonyl (C=O) groups excluding carboxylic acids is 2. The molecule has 3 rings (SSSR count). The number of methoxy groups -OCH3 is 2. The van der Waals surface area contributed by atoms with Crippen molar-refractivity contribution in [1.82, 2.24) is 5.32 Å². The Kier molecular flexibility index (Phi) is 5.31. The molecule has 1 saturated heterocycles. The number of hydrogen-bond donors (Lipinski definition) is 1. The molecular formula is C18H23NO6. The maximum absolute atomic E-state index is 12.0. The first-order chi connectivity index (χ1) is 12.1. The Hall–Kier alpha value is -2.44. The number of hydrogen-bond acceptors (Lipinski definition) is 6. The van der Waals surface area contributed by atoms with E-state index in [0.29, 0.717) is 18.0 Å². The zero-order valence-corrected chi connectivity index (χ0v) is 14.4. The van der Waals surface area contributed by atoms with Crippen molar-refractivity contribution in [1.29, 1.82) is 0 Å². The minimum Gasteiger partial charge on any atom is -0.493 e. The molecular weight excluding hydrogens is 326 g/mol. The fourth-order valence-corrected chi connectivity index (χ4v) is 3.38. The lowest BCUT2D eigenvalue weighted by molar-refractivity contribution is -0.127. The van der Waals surface area contributed by atoms with Gasteiger partial charge in [0, 0.05) is 12.5 Å². The molecule has 2 fully saturated rings. The second kappa shape index (κ2) is 7.63. The summed E-state index contributed by atoms with van der Waals surface area (Å²) in [5.41, 5.74) is 0.848. The van der Waals surface area contributed by atoms with Crippen LogP contribution < -0.4 is 14.8 Å². The van der Waals surface area contributed by atoms with Gasteiger partial charge in [-0.25, -0.2) is 4.79 Å². The van der Waals surface area contributed by atoms with Crippen LogP contribution in [0.2, 0.25) is 0 Å². The third kappa shape index (κ3) is 3.81. The molecule has 7 heteroatoms. The van der Waals surface area contributed by atoms with E-state index in [1.807, 2.05) is 18.2 Å². The van der Waals surface area contributed by atoms with Gasteiger partial charge < -0.3 is 24.3 Å². The fraction of sp³-hybridized carbons (Fsp3) is 0.556. The molecule has 1 aliphatic heterocycles. The molecule has 1 N–H and O–H groups in total. The Bertz CT molecular complexity index is 640. The predicted molar refractivity (Wildman–Crippen MR) is 88.9 cm³/mol. The van der Waals surface area contributed by atoms with E-state index in [1.54, 1.807) is 7.11 Å². The van der Waals surface area contributed by atoms with Crippen LogP contribution in [0.3, 0.4) is 0 Å². The largest absolute Gasteiger partial charge is 0.508 e. The summed E-state index contributed by atoms with van der Waals surface area (Å²) >= 11 is 0. The molecule has 25 heavy (non-hydrogen) atoms. The van der Waals surface area contributed by atoms with Gasteiger partial charge in [-0.3, -0.25) is 4.79 Å². The average Bonchev–Trinajstić information content (AvgIpc) is 3.25. The molecule has 1 amide bonds. The van der Waals surface area contributed by atoms with Crippen LogP contribution in [0.1, 0.15) is 37.2 Å². The molecule has 136 valence electrons. The van der Waals surface area contributed by atoms with E-state index in [9.17, 15) is 9.59 Å². The van der Waals surface area contributed by atoms with E-state index in [4.69, 9.17) is 14.2 Å². The van der Waals surface area contributed by atoms with Crippen LogP contribution >= 0.6 is 0 Å². The summed E-state index contributed by atoms with van der Waals surface area (Å²) < 4.78 is 21.1. The van der Waals surface area contributed by atoms with Crippen LogP contribution in [0.25, 0.3) is 0 Å². The first-order valence-electron chi connectivity index (χ1n) is 8.49. The lowest BCUT2D eigenvalue weighted by atomic mass is 9.95. The third-order valence-corrected chi connectivity index (χ3v) is 4.72. The summed E-state index contributed by atoms with van der Waals surface area (Å²) in [5.74, 6) is 0.675.